The SMILES string of the molecule is NCCCC(C(=O)[O-])N1CCN(CC(=O)[O-])CCN(CC(=O)[O-])CCN(CC(=O)[O-])CC1.NCCCC(C(=O)[O-])N1CCN(CC(=O)[O-])CCN(CC(=O)[O-])CCN(CC(=O)[O-])CC1.NCCCC(C(=O)[O-])N1CCN(CC(=O)[O-])CCN(CC(=O)[O-])CCN(CC(=O)[O-])CC1.[Gd+3].[Gd+3].[Gd+3].[Gd+3]. The third-order valence-corrected chi connectivity index (χ3v) is 16.0. The van der Waals surface area contributed by atoms with Crippen molar-refractivity contribution in [2.24, 2.45) is 17.2 Å². The fourth-order valence-electron chi connectivity index (χ4n) is 10.9. The van der Waals surface area contributed by atoms with Gasteiger partial charge in [-0.2, -0.15) is 0 Å². The van der Waals surface area contributed by atoms with Crippen molar-refractivity contribution in [2.45, 2.75) is 56.7 Å². The minimum atomic E-state index is -1.31. The van der Waals surface area contributed by atoms with E-state index >= 15 is 0 Å². The Balaban J connectivity index is -0.000000678. The second-order valence-electron chi connectivity index (χ2n) is 23.2. The summed E-state index contributed by atoms with van der Waals surface area (Å²) in [6.45, 7) is 1.72. The van der Waals surface area contributed by atoms with Gasteiger partial charge in [0.25, 0.3) is 0 Å². The number of carbonyl (C=O) groups is 12. The van der Waals surface area contributed by atoms with Gasteiger partial charge in [-0.05, 0) is 58.2 Å². The van der Waals surface area contributed by atoms with Crippen molar-refractivity contribution in [3.63, 3.8) is 0 Å². The van der Waals surface area contributed by atoms with E-state index in [2.05, 4.69) is 0 Å². The summed E-state index contributed by atoms with van der Waals surface area (Å²) < 4.78 is 0. The first-order chi connectivity index (χ1) is 45.3. The van der Waals surface area contributed by atoms with Crippen LogP contribution in [0, 0.1) is 160 Å². The largest absolute Gasteiger partial charge is 3.00 e. The predicted octanol–water partition coefficient (Wildman–Crippen LogP) is -23.1. The molecule has 6 N–H and O–H groups in total. The van der Waals surface area contributed by atoms with Crippen LogP contribution >= 0.6 is 0 Å². The van der Waals surface area contributed by atoms with Crippen LogP contribution in [0.25, 0.3) is 0 Å². The molecule has 3 aliphatic heterocycles. The molecule has 3 heterocycles. The fraction of sp³-hybridized carbons (Fsp3) is 0.789. The number of hydrogen-bond donors (Lipinski definition) is 3. The van der Waals surface area contributed by atoms with E-state index in [0.29, 0.717) is 38.9 Å². The molecule has 39 nitrogen and oxygen atoms in total. The van der Waals surface area contributed by atoms with Crippen molar-refractivity contribution in [1.29, 1.82) is 0 Å². The van der Waals surface area contributed by atoms with Crippen molar-refractivity contribution in [3.05, 3.63) is 0 Å². The van der Waals surface area contributed by atoms with E-state index in [0.717, 1.165) is 0 Å². The summed E-state index contributed by atoms with van der Waals surface area (Å²) in [5.74, 6) is -15.6. The number of carboxylic acid groups (broad SMARTS) is 12. The van der Waals surface area contributed by atoms with Crippen LogP contribution in [0.3, 0.4) is 0 Å². The molecule has 0 aromatic carbocycles. The molecule has 3 aliphatic rings. The molecule has 4 radical (unpaired) electrons. The molecule has 3 unspecified atom stereocenters. The number of carbonyl (C=O) groups excluding carboxylic acids is 12. The van der Waals surface area contributed by atoms with Crippen LogP contribution in [-0.4, -0.2) is 384 Å². The van der Waals surface area contributed by atoms with Gasteiger partial charge in [0.2, 0.25) is 0 Å². The van der Waals surface area contributed by atoms with E-state index in [1.807, 2.05) is 0 Å². The standard InChI is InChI=1S/3C19H35N5O8.4Gd/c3*20-3-1-2-15(19(31)32)24-10-8-22(13-17(27)28)6-4-21(12-16(25)26)5-7-23(9-11-24)14-18(29)30;;;;/h3*15H,1-14,20H2,(H,25,26)(H,27,28)(H,29,30)(H,31,32);;;;/q;;;4*+3/p-12. The number of aliphatic carboxylic acids is 12. The molecular formula is C57H93Gd4N15O24. The van der Waals surface area contributed by atoms with Gasteiger partial charge >= 0.3 is 160 Å². The molecule has 100 heavy (non-hydrogen) atoms. The van der Waals surface area contributed by atoms with Crippen molar-refractivity contribution in [2.75, 3.05) is 236 Å². The minimum absolute atomic E-state index is 0. The number of rotatable bonds is 33. The molecule has 0 aliphatic carbocycles. The predicted molar refractivity (Wildman–Crippen MR) is 309 cm³/mol. The van der Waals surface area contributed by atoms with Crippen molar-refractivity contribution in [1.82, 2.24) is 58.8 Å². The number of carboxylic acids is 12. The van der Waals surface area contributed by atoms with Crippen LogP contribution in [0.1, 0.15) is 38.5 Å². The Bertz CT molecular complexity index is 2080. The van der Waals surface area contributed by atoms with Crippen LogP contribution in [0.15, 0.2) is 0 Å². The molecule has 0 saturated carbocycles. The summed E-state index contributed by atoms with van der Waals surface area (Å²) in [5.41, 5.74) is 16.5. The van der Waals surface area contributed by atoms with Gasteiger partial charge in [-0.3, -0.25) is 58.8 Å². The average molecular weight is 2000 g/mol. The minimum Gasteiger partial charge on any atom is -0.549 e. The molecule has 3 saturated heterocycles. The molecule has 0 bridgehead atoms. The monoisotopic (exact) mass is 2000 g/mol. The van der Waals surface area contributed by atoms with Gasteiger partial charge in [0.1, 0.15) is 0 Å². The Morgan fingerprint density at radius 2 is 0.330 bits per heavy atom. The topological polar surface area (TPSA) is 598 Å². The zero-order chi connectivity index (χ0) is 72.3. The molecule has 0 spiro atoms. The van der Waals surface area contributed by atoms with E-state index in [-0.39, 0.29) is 336 Å². The normalized spacial score (nSPS) is 18.8. The quantitative estimate of drug-likeness (QED) is 0.0549. The Labute approximate surface area is 710 Å². The Morgan fingerprint density at radius 1 is 0.220 bits per heavy atom. The summed E-state index contributed by atoms with van der Waals surface area (Å²) in [6.07, 6.45) is 2.04. The first-order valence-electron chi connectivity index (χ1n) is 31.6. The number of hydrogen-bond acceptors (Lipinski definition) is 39. The van der Waals surface area contributed by atoms with Crippen LogP contribution < -0.4 is 78.5 Å². The van der Waals surface area contributed by atoms with Crippen LogP contribution in [-0.2, 0) is 57.5 Å². The fourth-order valence-corrected chi connectivity index (χ4v) is 10.9. The summed E-state index contributed by atoms with van der Waals surface area (Å²) >= 11 is 0. The molecule has 0 aromatic heterocycles. The first-order valence-corrected chi connectivity index (χ1v) is 31.6. The Kier molecular flexibility index (Phi) is 64.2. The first kappa shape index (κ1) is 105. The van der Waals surface area contributed by atoms with Crippen LogP contribution in [0.4, 0.5) is 0 Å². The molecule has 3 rings (SSSR count). The van der Waals surface area contributed by atoms with Crippen molar-refractivity contribution in [3.8, 4) is 0 Å². The third-order valence-electron chi connectivity index (χ3n) is 16.0. The molecule has 572 valence electrons. The van der Waals surface area contributed by atoms with Gasteiger partial charge in [-0.25, -0.2) is 0 Å². The van der Waals surface area contributed by atoms with Crippen molar-refractivity contribution >= 4 is 71.6 Å². The van der Waals surface area contributed by atoms with E-state index in [9.17, 15) is 119 Å². The molecule has 3 fully saturated rings. The zero-order valence-corrected chi connectivity index (χ0v) is 64.8. The number of nitrogens with two attached hydrogens (primary N) is 3. The maximum atomic E-state index is 11.7. The average Bonchev–Trinajstić information content (AvgIpc) is 0.890. The van der Waals surface area contributed by atoms with Gasteiger partial charge in [0.05, 0.1) is 71.6 Å². The van der Waals surface area contributed by atoms with Gasteiger partial charge in [0, 0.05) is 234 Å². The summed E-state index contributed by atoms with van der Waals surface area (Å²) in [4.78, 5) is 154. The number of nitrogens with zero attached hydrogens (tertiary/aromatic N) is 12. The summed E-state index contributed by atoms with van der Waals surface area (Å²) in [7, 11) is 0. The van der Waals surface area contributed by atoms with Gasteiger partial charge in [-0.1, -0.05) is 0 Å². The smallest absolute Gasteiger partial charge is 0.549 e. The molecule has 3 atom stereocenters. The summed E-state index contributed by atoms with van der Waals surface area (Å²) in [6, 6.07) is -2.90. The second-order valence-corrected chi connectivity index (χ2v) is 23.2. The van der Waals surface area contributed by atoms with E-state index in [1.165, 1.54) is 14.7 Å². The second kappa shape index (κ2) is 61.4. The molecule has 43 heteroatoms. The summed E-state index contributed by atoms with van der Waals surface area (Å²) in [5, 5.41) is 135. The molecule has 0 aromatic rings. The van der Waals surface area contributed by atoms with Crippen LogP contribution in [0.2, 0.25) is 0 Å². The van der Waals surface area contributed by atoms with Crippen molar-refractivity contribution < 1.29 is 279 Å². The molecule has 0 amide bonds. The third kappa shape index (κ3) is 51.5. The van der Waals surface area contributed by atoms with E-state index < -0.39 is 149 Å². The van der Waals surface area contributed by atoms with Gasteiger partial charge < -0.3 is 136 Å². The van der Waals surface area contributed by atoms with E-state index in [4.69, 9.17) is 17.2 Å². The van der Waals surface area contributed by atoms with E-state index in [1.54, 1.807) is 44.1 Å². The van der Waals surface area contributed by atoms with Gasteiger partial charge in [-0.15, -0.1) is 0 Å². The Hall–Kier alpha value is -1.66. The maximum absolute atomic E-state index is 11.7. The molecular weight excluding hydrogens is 1910 g/mol. The maximum Gasteiger partial charge on any atom is 3.00 e. The Morgan fingerprint density at radius 3 is 0.420 bits per heavy atom. The zero-order valence-electron chi connectivity index (χ0n) is 55.7. The van der Waals surface area contributed by atoms with Crippen LogP contribution in [0.5, 0.6) is 0 Å². The van der Waals surface area contributed by atoms with Gasteiger partial charge in [0.15, 0.2) is 0 Å².